The molecule has 136 valence electrons. The molecular weight excluding hydrogens is 372 g/mol. The number of thiophene rings is 1. The van der Waals surface area contributed by atoms with E-state index >= 15 is 0 Å². The van der Waals surface area contributed by atoms with Gasteiger partial charge in [-0.25, -0.2) is 0 Å². The molecule has 0 saturated carbocycles. The van der Waals surface area contributed by atoms with Crippen molar-refractivity contribution in [1.82, 2.24) is 20.4 Å². The molecule has 1 saturated heterocycles. The average molecular weight is 391 g/mol. The van der Waals surface area contributed by atoms with Crippen LogP contribution in [0.5, 0.6) is 0 Å². The molecule has 1 N–H and O–H groups in total. The number of aromatic nitrogens is 2. The van der Waals surface area contributed by atoms with Crippen molar-refractivity contribution in [3.8, 4) is 11.5 Å². The summed E-state index contributed by atoms with van der Waals surface area (Å²) in [5, 5.41) is 9.39. The molecule has 3 aromatic rings. The standard InChI is InChI=1S/C18H18N4O2S.ClH/c1-22-9-8-19-11-14(22)17-20-18(24-21-17)13-6-3-2-5-12(13)16(23)15-7-4-10-25-15;/h2-7,10,14,19H,8-9,11H2,1H3;1H. The number of carbonyl (C=O) groups is 1. The van der Waals surface area contributed by atoms with E-state index in [9.17, 15) is 4.79 Å². The summed E-state index contributed by atoms with van der Waals surface area (Å²) >= 11 is 1.43. The van der Waals surface area contributed by atoms with Crippen molar-refractivity contribution in [3.63, 3.8) is 0 Å². The molecular formula is C18H19ClN4O2S. The number of rotatable bonds is 4. The number of carbonyl (C=O) groups excluding carboxylic acids is 1. The number of piperazine rings is 1. The molecule has 0 aliphatic carbocycles. The van der Waals surface area contributed by atoms with Gasteiger partial charge in [-0.1, -0.05) is 29.4 Å². The van der Waals surface area contributed by atoms with Crippen LogP contribution in [0.4, 0.5) is 0 Å². The summed E-state index contributed by atoms with van der Waals surface area (Å²) in [7, 11) is 2.05. The van der Waals surface area contributed by atoms with Crippen molar-refractivity contribution in [2.24, 2.45) is 0 Å². The first kappa shape index (κ1) is 18.7. The van der Waals surface area contributed by atoms with E-state index in [2.05, 4.69) is 27.4 Å². The highest BCUT2D eigenvalue weighted by molar-refractivity contribution is 7.12. The molecule has 1 fully saturated rings. The summed E-state index contributed by atoms with van der Waals surface area (Å²) in [5.74, 6) is 0.999. The van der Waals surface area contributed by atoms with Crippen molar-refractivity contribution >= 4 is 29.5 Å². The Morgan fingerprint density at radius 2 is 2.15 bits per heavy atom. The SMILES string of the molecule is CN1CCNCC1c1noc(-c2ccccc2C(=O)c2cccs2)n1.Cl. The second-order valence-corrected chi connectivity index (χ2v) is 6.96. The van der Waals surface area contributed by atoms with Gasteiger partial charge in [0.05, 0.1) is 16.5 Å². The Bertz CT molecular complexity index is 881. The molecule has 2 aromatic heterocycles. The lowest BCUT2D eigenvalue weighted by atomic mass is 10.0. The third kappa shape index (κ3) is 3.57. The van der Waals surface area contributed by atoms with Crippen LogP contribution in [0.15, 0.2) is 46.3 Å². The molecule has 1 unspecified atom stereocenters. The van der Waals surface area contributed by atoms with Crippen LogP contribution in [0.25, 0.3) is 11.5 Å². The molecule has 3 heterocycles. The third-order valence-electron chi connectivity index (χ3n) is 4.40. The second kappa shape index (κ2) is 8.09. The third-order valence-corrected chi connectivity index (χ3v) is 5.27. The fraction of sp³-hybridized carbons (Fsp3) is 0.278. The van der Waals surface area contributed by atoms with Gasteiger partial charge < -0.3 is 9.84 Å². The Morgan fingerprint density at radius 3 is 2.92 bits per heavy atom. The van der Waals surface area contributed by atoms with Crippen molar-refractivity contribution in [2.45, 2.75) is 6.04 Å². The summed E-state index contributed by atoms with van der Waals surface area (Å²) in [6.45, 7) is 2.67. The first-order valence-corrected chi connectivity index (χ1v) is 9.04. The van der Waals surface area contributed by atoms with E-state index in [1.807, 2.05) is 35.7 Å². The Labute approximate surface area is 161 Å². The van der Waals surface area contributed by atoms with Crippen molar-refractivity contribution in [2.75, 3.05) is 26.7 Å². The van der Waals surface area contributed by atoms with E-state index in [4.69, 9.17) is 4.52 Å². The van der Waals surface area contributed by atoms with Crippen LogP contribution < -0.4 is 5.32 Å². The maximum atomic E-state index is 12.8. The fourth-order valence-corrected chi connectivity index (χ4v) is 3.66. The molecule has 1 aliphatic rings. The zero-order valence-electron chi connectivity index (χ0n) is 14.2. The van der Waals surface area contributed by atoms with Gasteiger partial charge in [-0.15, -0.1) is 23.7 Å². The number of hydrogen-bond acceptors (Lipinski definition) is 7. The van der Waals surface area contributed by atoms with E-state index in [-0.39, 0.29) is 24.2 Å². The van der Waals surface area contributed by atoms with E-state index in [0.717, 1.165) is 19.6 Å². The average Bonchev–Trinajstić information content (AvgIpc) is 3.34. The molecule has 1 aliphatic heterocycles. The van der Waals surface area contributed by atoms with Gasteiger partial charge in [0.2, 0.25) is 5.78 Å². The summed E-state index contributed by atoms with van der Waals surface area (Å²) < 4.78 is 5.50. The molecule has 0 bridgehead atoms. The zero-order valence-corrected chi connectivity index (χ0v) is 15.8. The minimum Gasteiger partial charge on any atom is -0.334 e. The number of nitrogens with one attached hydrogen (secondary N) is 1. The van der Waals surface area contributed by atoms with Crippen LogP contribution in [-0.2, 0) is 0 Å². The normalized spacial score (nSPS) is 17.7. The van der Waals surface area contributed by atoms with Gasteiger partial charge in [-0.2, -0.15) is 4.98 Å². The number of likely N-dealkylation sites (N-methyl/N-ethyl adjacent to an activating group) is 1. The predicted molar refractivity (Wildman–Crippen MR) is 103 cm³/mol. The van der Waals surface area contributed by atoms with Gasteiger partial charge in [-0.05, 0) is 24.6 Å². The lowest BCUT2D eigenvalue weighted by molar-refractivity contribution is 0.104. The summed E-state index contributed by atoms with van der Waals surface area (Å²) in [5.41, 5.74) is 1.25. The lowest BCUT2D eigenvalue weighted by Crippen LogP contribution is -2.44. The maximum Gasteiger partial charge on any atom is 0.258 e. The number of benzene rings is 1. The number of halogens is 1. The van der Waals surface area contributed by atoms with Crippen LogP contribution in [0, 0.1) is 0 Å². The minimum absolute atomic E-state index is 0. The highest BCUT2D eigenvalue weighted by Crippen LogP contribution is 2.27. The zero-order chi connectivity index (χ0) is 17.2. The van der Waals surface area contributed by atoms with Crippen molar-refractivity contribution in [1.29, 1.82) is 0 Å². The molecule has 6 nitrogen and oxygen atoms in total. The fourth-order valence-electron chi connectivity index (χ4n) is 2.98. The van der Waals surface area contributed by atoms with Gasteiger partial charge in [0.15, 0.2) is 5.82 Å². The molecule has 0 amide bonds. The number of ketones is 1. The topological polar surface area (TPSA) is 71.3 Å². The molecule has 1 aromatic carbocycles. The van der Waals surface area contributed by atoms with Crippen LogP contribution >= 0.6 is 23.7 Å². The van der Waals surface area contributed by atoms with Crippen molar-refractivity contribution in [3.05, 3.63) is 58.0 Å². The number of hydrogen-bond donors (Lipinski definition) is 1. The highest BCUT2D eigenvalue weighted by atomic mass is 35.5. The second-order valence-electron chi connectivity index (χ2n) is 6.01. The monoisotopic (exact) mass is 390 g/mol. The molecule has 0 radical (unpaired) electrons. The van der Waals surface area contributed by atoms with Crippen LogP contribution in [0.2, 0.25) is 0 Å². The summed E-state index contributed by atoms with van der Waals surface area (Å²) in [6.07, 6.45) is 0. The van der Waals surface area contributed by atoms with E-state index in [1.54, 1.807) is 6.07 Å². The minimum atomic E-state index is -0.0261. The smallest absolute Gasteiger partial charge is 0.258 e. The highest BCUT2D eigenvalue weighted by Gasteiger charge is 2.26. The summed E-state index contributed by atoms with van der Waals surface area (Å²) in [4.78, 5) is 20.2. The Morgan fingerprint density at radius 1 is 1.31 bits per heavy atom. The Kier molecular flexibility index (Phi) is 5.83. The predicted octanol–water partition coefficient (Wildman–Crippen LogP) is 3.03. The first-order chi connectivity index (χ1) is 12.2. The molecule has 0 spiro atoms. The van der Waals surface area contributed by atoms with Crippen molar-refractivity contribution < 1.29 is 9.32 Å². The number of nitrogens with zero attached hydrogens (tertiary/aromatic N) is 3. The molecule has 1 atom stereocenters. The van der Waals surface area contributed by atoms with Crippen LogP contribution in [-0.4, -0.2) is 47.5 Å². The molecule has 26 heavy (non-hydrogen) atoms. The van der Waals surface area contributed by atoms with E-state index < -0.39 is 0 Å². The van der Waals surface area contributed by atoms with Gasteiger partial charge in [0.25, 0.3) is 5.89 Å². The van der Waals surface area contributed by atoms with Gasteiger partial charge in [0, 0.05) is 25.2 Å². The van der Waals surface area contributed by atoms with E-state index in [1.165, 1.54) is 11.3 Å². The molecule has 8 heteroatoms. The van der Waals surface area contributed by atoms with Crippen LogP contribution in [0.1, 0.15) is 27.1 Å². The Hall–Kier alpha value is -2.06. The van der Waals surface area contributed by atoms with Gasteiger partial charge in [-0.3, -0.25) is 9.69 Å². The largest absolute Gasteiger partial charge is 0.334 e. The van der Waals surface area contributed by atoms with Gasteiger partial charge >= 0.3 is 0 Å². The Balaban J connectivity index is 0.00000196. The summed E-state index contributed by atoms with van der Waals surface area (Å²) in [6, 6.07) is 11.1. The lowest BCUT2D eigenvalue weighted by Gasteiger charge is -2.30. The van der Waals surface area contributed by atoms with Crippen LogP contribution in [0.3, 0.4) is 0 Å². The van der Waals surface area contributed by atoms with E-state index in [0.29, 0.717) is 27.7 Å². The van der Waals surface area contributed by atoms with Gasteiger partial charge in [0.1, 0.15) is 0 Å². The molecule has 4 rings (SSSR count). The quantitative estimate of drug-likeness (QED) is 0.690. The first-order valence-electron chi connectivity index (χ1n) is 8.16. The maximum absolute atomic E-state index is 12.8.